The van der Waals surface area contributed by atoms with Crippen molar-refractivity contribution >= 4 is 0 Å². The molecule has 10 heavy (non-hydrogen) atoms. The molecule has 0 aromatic carbocycles. The van der Waals surface area contributed by atoms with Crippen LogP contribution in [0.1, 0.15) is 12.1 Å². The molecule has 1 nitrogen and oxygen atoms in total. The third kappa shape index (κ3) is 2.02. The Labute approximate surface area is 61.4 Å². The Bertz CT molecular complexity index is 191. The fraction of sp³-hybridized carbons (Fsp3) is 0.222. The molecule has 0 aliphatic heterocycles. The molecule has 0 aliphatic carbocycles. The summed E-state index contributed by atoms with van der Waals surface area (Å²) in [5.41, 5.74) is 1.09. The zero-order chi connectivity index (χ0) is 7.23. The average molecular weight is 132 g/mol. The molecule has 1 heterocycles. The summed E-state index contributed by atoms with van der Waals surface area (Å²) in [5, 5.41) is 0. The topological polar surface area (TPSA) is 12.9 Å². The van der Waals surface area contributed by atoms with Gasteiger partial charge < -0.3 is 0 Å². The van der Waals surface area contributed by atoms with Crippen molar-refractivity contribution < 1.29 is 0 Å². The molecule has 1 radical (unpaired) electrons. The molecule has 1 heteroatoms. The Morgan fingerprint density at radius 1 is 1.70 bits per heavy atom. The summed E-state index contributed by atoms with van der Waals surface area (Å²) in [4.78, 5) is 4.04. The van der Waals surface area contributed by atoms with Crippen LogP contribution in [0.4, 0.5) is 0 Å². The molecule has 0 aliphatic rings. The molecule has 0 spiro atoms. The van der Waals surface area contributed by atoms with Gasteiger partial charge in [-0.3, -0.25) is 4.98 Å². The van der Waals surface area contributed by atoms with Gasteiger partial charge in [0.15, 0.2) is 0 Å². The van der Waals surface area contributed by atoms with Gasteiger partial charge in [0.05, 0.1) is 6.20 Å². The van der Waals surface area contributed by atoms with Crippen LogP contribution in [0.3, 0.4) is 0 Å². The smallest absolute Gasteiger partial charge is 0.0889 e. The summed E-state index contributed by atoms with van der Waals surface area (Å²) in [5.74, 6) is 0. The first-order valence-corrected chi connectivity index (χ1v) is 3.36. The Balaban J connectivity index is 2.50. The zero-order valence-electron chi connectivity index (χ0n) is 5.88. The maximum absolute atomic E-state index is 4.04. The molecule has 51 valence electrons. The maximum Gasteiger partial charge on any atom is 0.0889 e. The van der Waals surface area contributed by atoms with E-state index in [1.54, 1.807) is 6.07 Å². The minimum absolute atomic E-state index is 0.973. The highest BCUT2D eigenvalue weighted by atomic mass is 14.7. The van der Waals surface area contributed by atoms with Crippen LogP contribution in [0.2, 0.25) is 0 Å². The van der Waals surface area contributed by atoms with Crippen molar-refractivity contribution in [1.29, 1.82) is 0 Å². The molecular weight excluding hydrogens is 122 g/mol. The number of aryl methyl sites for hydroxylation is 1. The highest BCUT2D eigenvalue weighted by Gasteiger charge is 1.87. The first-order chi connectivity index (χ1) is 4.93. The van der Waals surface area contributed by atoms with Crippen LogP contribution in [0.5, 0.6) is 0 Å². The van der Waals surface area contributed by atoms with Gasteiger partial charge in [-0.1, -0.05) is 12.1 Å². The summed E-state index contributed by atoms with van der Waals surface area (Å²) in [6.07, 6.45) is 6.65. The molecule has 0 saturated heterocycles. The van der Waals surface area contributed by atoms with E-state index in [0.717, 1.165) is 18.5 Å². The highest BCUT2D eigenvalue weighted by Crippen LogP contribution is 1.97. The molecule has 0 bridgehead atoms. The molecule has 0 amide bonds. The minimum Gasteiger partial charge on any atom is -0.251 e. The average Bonchev–Trinajstić information content (AvgIpc) is 2.03. The third-order valence-corrected chi connectivity index (χ3v) is 1.27. The summed E-state index contributed by atoms with van der Waals surface area (Å²) in [7, 11) is 0. The number of hydrogen-bond acceptors (Lipinski definition) is 1. The van der Waals surface area contributed by atoms with Crippen LogP contribution >= 0.6 is 0 Å². The minimum atomic E-state index is 0.973. The van der Waals surface area contributed by atoms with Gasteiger partial charge >= 0.3 is 0 Å². The monoisotopic (exact) mass is 132 g/mol. The van der Waals surface area contributed by atoms with E-state index < -0.39 is 0 Å². The van der Waals surface area contributed by atoms with E-state index in [9.17, 15) is 0 Å². The van der Waals surface area contributed by atoms with Gasteiger partial charge in [0.25, 0.3) is 0 Å². The fourth-order valence-electron chi connectivity index (χ4n) is 0.749. The van der Waals surface area contributed by atoms with E-state index >= 15 is 0 Å². The van der Waals surface area contributed by atoms with Crippen molar-refractivity contribution in [2.24, 2.45) is 0 Å². The number of hydrogen-bond donors (Lipinski definition) is 0. The maximum atomic E-state index is 4.04. The Morgan fingerprint density at radius 2 is 2.60 bits per heavy atom. The van der Waals surface area contributed by atoms with E-state index in [4.69, 9.17) is 0 Å². The molecule has 0 fully saturated rings. The summed E-state index contributed by atoms with van der Waals surface area (Å²) in [6.45, 7) is 3.64. The predicted molar refractivity (Wildman–Crippen MR) is 41.6 cm³/mol. The summed E-state index contributed by atoms with van der Waals surface area (Å²) in [6, 6.07) is 5.75. The normalized spacial score (nSPS) is 9.20. The van der Waals surface area contributed by atoms with Gasteiger partial charge in [-0.15, -0.1) is 6.58 Å². The molecule has 0 N–H and O–H groups in total. The molecule has 0 atom stereocenters. The lowest BCUT2D eigenvalue weighted by atomic mass is 10.2. The van der Waals surface area contributed by atoms with E-state index in [1.807, 2.05) is 18.2 Å². The number of allylic oxidation sites excluding steroid dienone is 1. The standard InChI is InChI=1S/C9H10N/c1-2-3-6-9-7-4-5-8-10-9/h2,4-5,7H,1,3,6H2. The lowest BCUT2D eigenvalue weighted by Gasteiger charge is -1.93. The second-order valence-corrected chi connectivity index (χ2v) is 2.09. The Kier molecular flexibility index (Phi) is 2.68. The zero-order valence-corrected chi connectivity index (χ0v) is 5.88. The van der Waals surface area contributed by atoms with Crippen LogP contribution in [0, 0.1) is 6.20 Å². The summed E-state index contributed by atoms with van der Waals surface area (Å²) >= 11 is 0. The molecule has 1 rings (SSSR count). The molecule has 1 aromatic heterocycles. The van der Waals surface area contributed by atoms with Crippen molar-refractivity contribution in [1.82, 2.24) is 4.98 Å². The van der Waals surface area contributed by atoms with Gasteiger partial charge in [0.1, 0.15) is 0 Å². The van der Waals surface area contributed by atoms with E-state index in [2.05, 4.69) is 17.8 Å². The fourth-order valence-corrected chi connectivity index (χ4v) is 0.749. The van der Waals surface area contributed by atoms with E-state index in [0.29, 0.717) is 0 Å². The number of pyridine rings is 1. The van der Waals surface area contributed by atoms with Gasteiger partial charge in [0, 0.05) is 5.69 Å². The van der Waals surface area contributed by atoms with E-state index in [-0.39, 0.29) is 0 Å². The molecule has 0 saturated carbocycles. The lowest BCUT2D eigenvalue weighted by molar-refractivity contribution is 0.943. The first-order valence-electron chi connectivity index (χ1n) is 3.36. The molecule has 0 unspecified atom stereocenters. The first kappa shape index (κ1) is 7.00. The van der Waals surface area contributed by atoms with Crippen molar-refractivity contribution in [2.45, 2.75) is 12.8 Å². The van der Waals surface area contributed by atoms with Crippen LogP contribution in [-0.2, 0) is 6.42 Å². The van der Waals surface area contributed by atoms with Crippen LogP contribution in [0.15, 0.2) is 30.9 Å². The van der Waals surface area contributed by atoms with Crippen molar-refractivity contribution in [3.8, 4) is 0 Å². The van der Waals surface area contributed by atoms with Gasteiger partial charge in [-0.25, -0.2) is 0 Å². The Morgan fingerprint density at radius 3 is 3.20 bits per heavy atom. The van der Waals surface area contributed by atoms with Crippen molar-refractivity contribution in [3.63, 3.8) is 0 Å². The lowest BCUT2D eigenvalue weighted by Crippen LogP contribution is -1.86. The number of nitrogens with zero attached hydrogens (tertiary/aromatic N) is 1. The van der Waals surface area contributed by atoms with Crippen LogP contribution < -0.4 is 0 Å². The second-order valence-electron chi connectivity index (χ2n) is 2.09. The number of aromatic nitrogens is 1. The Hall–Kier alpha value is -1.11. The highest BCUT2D eigenvalue weighted by molar-refractivity contribution is 5.03. The largest absolute Gasteiger partial charge is 0.251 e. The molecular formula is C9H10N. The summed E-state index contributed by atoms with van der Waals surface area (Å²) < 4.78 is 0. The quantitative estimate of drug-likeness (QED) is 0.573. The van der Waals surface area contributed by atoms with E-state index in [1.165, 1.54) is 0 Å². The SMILES string of the molecule is C=CCCc1ccc[c]n1. The van der Waals surface area contributed by atoms with Crippen molar-refractivity contribution in [2.75, 3.05) is 0 Å². The third-order valence-electron chi connectivity index (χ3n) is 1.27. The van der Waals surface area contributed by atoms with Gasteiger partial charge in [-0.05, 0) is 25.0 Å². The van der Waals surface area contributed by atoms with Crippen LogP contribution in [-0.4, -0.2) is 4.98 Å². The van der Waals surface area contributed by atoms with Crippen LogP contribution in [0.25, 0.3) is 0 Å². The predicted octanol–water partition coefficient (Wildman–Crippen LogP) is 2.00. The number of rotatable bonds is 3. The second kappa shape index (κ2) is 3.83. The van der Waals surface area contributed by atoms with Crippen molar-refractivity contribution in [3.05, 3.63) is 42.7 Å². The molecule has 1 aromatic rings. The van der Waals surface area contributed by atoms with Gasteiger partial charge in [0.2, 0.25) is 0 Å². The van der Waals surface area contributed by atoms with Gasteiger partial charge in [-0.2, -0.15) is 0 Å².